The summed E-state index contributed by atoms with van der Waals surface area (Å²) in [6, 6.07) is 3.77. The average molecular weight is 291 g/mol. The van der Waals surface area contributed by atoms with Gasteiger partial charge >= 0.3 is 0 Å². The third-order valence-corrected chi connectivity index (χ3v) is 3.43. The van der Waals surface area contributed by atoms with Gasteiger partial charge in [-0.3, -0.25) is 4.79 Å². The molecule has 0 aromatic carbocycles. The highest BCUT2D eigenvalue weighted by Crippen LogP contribution is 2.19. The van der Waals surface area contributed by atoms with E-state index in [1.807, 2.05) is 26.1 Å². The van der Waals surface area contributed by atoms with Gasteiger partial charge in [0.05, 0.1) is 0 Å². The zero-order chi connectivity index (χ0) is 16.0. The Kier molecular flexibility index (Phi) is 6.66. The SMILES string of the molecule is CCNc1cc(C(=O)N(C)CCC(C)C)cc(C(C)C)n1. The van der Waals surface area contributed by atoms with Gasteiger partial charge in [-0.25, -0.2) is 4.98 Å². The number of carbonyl (C=O) groups excluding carboxylic acids is 1. The fourth-order valence-electron chi connectivity index (χ4n) is 2.02. The molecule has 1 aromatic heterocycles. The molecule has 21 heavy (non-hydrogen) atoms. The molecule has 0 saturated heterocycles. The second kappa shape index (κ2) is 8.01. The van der Waals surface area contributed by atoms with Crippen LogP contribution in [0.15, 0.2) is 12.1 Å². The molecule has 1 aromatic rings. The molecule has 1 N–H and O–H groups in total. The van der Waals surface area contributed by atoms with Crippen LogP contribution in [0.25, 0.3) is 0 Å². The van der Waals surface area contributed by atoms with Crippen molar-refractivity contribution in [3.8, 4) is 0 Å². The zero-order valence-electron chi connectivity index (χ0n) is 14.2. The molecular weight excluding hydrogens is 262 g/mol. The van der Waals surface area contributed by atoms with E-state index in [2.05, 4.69) is 38.0 Å². The van der Waals surface area contributed by atoms with E-state index in [1.54, 1.807) is 4.90 Å². The zero-order valence-corrected chi connectivity index (χ0v) is 14.2. The highest BCUT2D eigenvalue weighted by atomic mass is 16.2. The van der Waals surface area contributed by atoms with E-state index in [-0.39, 0.29) is 5.91 Å². The van der Waals surface area contributed by atoms with E-state index in [0.717, 1.165) is 36.6 Å². The van der Waals surface area contributed by atoms with Crippen molar-refractivity contribution < 1.29 is 4.79 Å². The summed E-state index contributed by atoms with van der Waals surface area (Å²) in [7, 11) is 1.87. The van der Waals surface area contributed by atoms with Crippen molar-refractivity contribution in [3.05, 3.63) is 23.4 Å². The van der Waals surface area contributed by atoms with Gasteiger partial charge in [0.15, 0.2) is 0 Å². The highest BCUT2D eigenvalue weighted by molar-refractivity contribution is 5.94. The third-order valence-electron chi connectivity index (χ3n) is 3.43. The number of pyridine rings is 1. The summed E-state index contributed by atoms with van der Waals surface area (Å²) in [4.78, 5) is 18.9. The molecular formula is C17H29N3O. The first-order chi connectivity index (χ1) is 9.85. The lowest BCUT2D eigenvalue weighted by molar-refractivity contribution is 0.0789. The quantitative estimate of drug-likeness (QED) is 0.832. The maximum atomic E-state index is 12.6. The number of nitrogens with zero attached hydrogens (tertiary/aromatic N) is 2. The first-order valence-corrected chi connectivity index (χ1v) is 7.86. The van der Waals surface area contributed by atoms with E-state index in [1.165, 1.54) is 0 Å². The van der Waals surface area contributed by atoms with Crippen molar-refractivity contribution in [3.63, 3.8) is 0 Å². The summed E-state index contributed by atoms with van der Waals surface area (Å²) < 4.78 is 0. The molecule has 0 radical (unpaired) electrons. The molecule has 0 unspecified atom stereocenters. The molecule has 4 nitrogen and oxygen atoms in total. The minimum Gasteiger partial charge on any atom is -0.370 e. The Balaban J connectivity index is 2.96. The van der Waals surface area contributed by atoms with Crippen LogP contribution in [0.3, 0.4) is 0 Å². The van der Waals surface area contributed by atoms with Gasteiger partial charge in [0.25, 0.3) is 5.91 Å². The van der Waals surface area contributed by atoms with Crippen LogP contribution in [-0.2, 0) is 0 Å². The van der Waals surface area contributed by atoms with Gasteiger partial charge in [-0.1, -0.05) is 27.7 Å². The number of hydrogen-bond acceptors (Lipinski definition) is 3. The van der Waals surface area contributed by atoms with Crippen molar-refractivity contribution in [2.45, 2.75) is 47.0 Å². The number of rotatable bonds is 7. The monoisotopic (exact) mass is 291 g/mol. The number of anilines is 1. The van der Waals surface area contributed by atoms with Crippen LogP contribution >= 0.6 is 0 Å². The molecule has 0 spiro atoms. The first-order valence-electron chi connectivity index (χ1n) is 7.86. The second-order valence-corrected chi connectivity index (χ2v) is 6.26. The Morgan fingerprint density at radius 3 is 2.48 bits per heavy atom. The van der Waals surface area contributed by atoms with Crippen LogP contribution in [0.2, 0.25) is 0 Å². The third kappa shape index (κ3) is 5.37. The van der Waals surface area contributed by atoms with Gasteiger partial charge in [0.1, 0.15) is 5.82 Å². The Labute approximate surface area is 129 Å². The number of amides is 1. The molecule has 0 atom stereocenters. The molecule has 0 aliphatic carbocycles. The smallest absolute Gasteiger partial charge is 0.253 e. The molecule has 118 valence electrons. The highest BCUT2D eigenvalue weighted by Gasteiger charge is 2.15. The summed E-state index contributed by atoms with van der Waals surface area (Å²) in [5, 5.41) is 3.21. The number of aromatic nitrogens is 1. The van der Waals surface area contributed by atoms with Gasteiger partial charge in [-0.15, -0.1) is 0 Å². The number of carbonyl (C=O) groups is 1. The molecule has 0 aliphatic heterocycles. The Morgan fingerprint density at radius 1 is 1.29 bits per heavy atom. The van der Waals surface area contributed by atoms with Gasteiger partial charge in [0, 0.05) is 31.4 Å². The maximum Gasteiger partial charge on any atom is 0.253 e. The minimum atomic E-state index is 0.0686. The molecule has 0 fully saturated rings. The van der Waals surface area contributed by atoms with E-state index in [9.17, 15) is 4.79 Å². The van der Waals surface area contributed by atoms with E-state index in [4.69, 9.17) is 0 Å². The van der Waals surface area contributed by atoms with Crippen LogP contribution in [0.1, 0.15) is 63.0 Å². The van der Waals surface area contributed by atoms with E-state index >= 15 is 0 Å². The van der Waals surface area contributed by atoms with Gasteiger partial charge in [-0.2, -0.15) is 0 Å². The topological polar surface area (TPSA) is 45.2 Å². The number of hydrogen-bond donors (Lipinski definition) is 1. The summed E-state index contributed by atoms with van der Waals surface area (Å²) >= 11 is 0. The van der Waals surface area contributed by atoms with Crippen molar-refractivity contribution in [2.75, 3.05) is 25.5 Å². The molecule has 4 heteroatoms. The molecule has 0 aliphatic rings. The van der Waals surface area contributed by atoms with Crippen LogP contribution in [-0.4, -0.2) is 35.9 Å². The largest absolute Gasteiger partial charge is 0.370 e. The lowest BCUT2D eigenvalue weighted by atomic mass is 10.1. The van der Waals surface area contributed by atoms with Crippen LogP contribution in [0, 0.1) is 5.92 Å². The first kappa shape index (κ1) is 17.5. The van der Waals surface area contributed by atoms with Crippen LogP contribution < -0.4 is 5.32 Å². The fraction of sp³-hybridized carbons (Fsp3) is 0.647. The molecule has 1 heterocycles. The van der Waals surface area contributed by atoms with E-state index < -0.39 is 0 Å². The fourth-order valence-corrected chi connectivity index (χ4v) is 2.02. The average Bonchev–Trinajstić information content (AvgIpc) is 2.43. The summed E-state index contributed by atoms with van der Waals surface area (Å²) in [5.74, 6) is 1.75. The normalized spacial score (nSPS) is 11.0. The summed E-state index contributed by atoms with van der Waals surface area (Å²) in [5.41, 5.74) is 1.67. The van der Waals surface area contributed by atoms with Gasteiger partial charge in [-0.05, 0) is 37.3 Å². The van der Waals surface area contributed by atoms with Gasteiger partial charge in [0.2, 0.25) is 0 Å². The Hall–Kier alpha value is -1.58. The van der Waals surface area contributed by atoms with Gasteiger partial charge < -0.3 is 10.2 Å². The van der Waals surface area contributed by atoms with Crippen LogP contribution in [0.5, 0.6) is 0 Å². The summed E-state index contributed by atoms with van der Waals surface area (Å²) in [6.07, 6.45) is 1.02. The lowest BCUT2D eigenvalue weighted by Gasteiger charge is -2.19. The van der Waals surface area contributed by atoms with Crippen molar-refractivity contribution in [2.24, 2.45) is 5.92 Å². The maximum absolute atomic E-state index is 12.6. The van der Waals surface area contributed by atoms with Crippen molar-refractivity contribution in [1.82, 2.24) is 9.88 Å². The minimum absolute atomic E-state index is 0.0686. The standard InChI is InChI=1S/C17H29N3O/c1-7-18-16-11-14(10-15(19-16)13(4)5)17(21)20(6)9-8-12(2)3/h10-13H,7-9H2,1-6H3,(H,18,19). The second-order valence-electron chi connectivity index (χ2n) is 6.26. The Morgan fingerprint density at radius 2 is 1.95 bits per heavy atom. The van der Waals surface area contributed by atoms with E-state index in [0.29, 0.717) is 11.8 Å². The molecule has 0 bridgehead atoms. The Bertz CT molecular complexity index is 469. The predicted molar refractivity (Wildman–Crippen MR) is 88.9 cm³/mol. The molecule has 1 amide bonds. The predicted octanol–water partition coefficient (Wildman–Crippen LogP) is 3.75. The van der Waals surface area contributed by atoms with Crippen molar-refractivity contribution >= 4 is 11.7 Å². The molecule has 0 saturated carbocycles. The van der Waals surface area contributed by atoms with Crippen LogP contribution in [0.4, 0.5) is 5.82 Å². The molecule has 1 rings (SSSR count). The number of nitrogens with one attached hydrogen (secondary N) is 1. The van der Waals surface area contributed by atoms with Crippen molar-refractivity contribution in [1.29, 1.82) is 0 Å². The summed E-state index contributed by atoms with van der Waals surface area (Å²) in [6.45, 7) is 12.1. The lowest BCUT2D eigenvalue weighted by Crippen LogP contribution is -2.28.